The Hall–Kier alpha value is -1.75. The highest BCUT2D eigenvalue weighted by atomic mass is 19.1. The highest BCUT2D eigenvalue weighted by Gasteiger charge is 2.13. The van der Waals surface area contributed by atoms with Crippen LogP contribution in [0.2, 0.25) is 0 Å². The first-order chi connectivity index (χ1) is 7.58. The first-order valence-corrected chi connectivity index (χ1v) is 4.93. The van der Waals surface area contributed by atoms with E-state index in [2.05, 4.69) is 10.1 Å². The molecule has 1 heterocycles. The number of hydrogen-bond donors (Lipinski definition) is 1. The predicted molar refractivity (Wildman–Crippen MR) is 57.0 cm³/mol. The molecule has 0 unspecified atom stereocenters. The zero-order valence-corrected chi connectivity index (χ0v) is 9.07. The average molecular weight is 221 g/mol. The van der Waals surface area contributed by atoms with Crippen molar-refractivity contribution in [1.82, 2.24) is 10.1 Å². The van der Waals surface area contributed by atoms with Crippen LogP contribution in [0.1, 0.15) is 24.4 Å². The Morgan fingerprint density at radius 1 is 1.44 bits per heavy atom. The molecule has 2 rings (SSSR count). The van der Waals surface area contributed by atoms with Crippen molar-refractivity contribution in [2.75, 3.05) is 0 Å². The van der Waals surface area contributed by atoms with Gasteiger partial charge >= 0.3 is 0 Å². The Labute approximate surface area is 92.3 Å². The molecule has 2 N–H and O–H groups in total. The molecule has 0 saturated carbocycles. The molecule has 1 aromatic heterocycles. The maximum absolute atomic E-state index is 12.9. The summed E-state index contributed by atoms with van der Waals surface area (Å²) in [6.07, 6.45) is 0. The zero-order valence-electron chi connectivity index (χ0n) is 9.07. The van der Waals surface area contributed by atoms with Gasteiger partial charge in [-0.25, -0.2) is 4.39 Å². The van der Waals surface area contributed by atoms with Gasteiger partial charge in [-0.3, -0.25) is 0 Å². The van der Waals surface area contributed by atoms with Crippen LogP contribution in [0.5, 0.6) is 0 Å². The van der Waals surface area contributed by atoms with E-state index in [4.69, 9.17) is 10.3 Å². The smallest absolute Gasteiger partial charge is 0.243 e. The van der Waals surface area contributed by atoms with Crippen molar-refractivity contribution in [3.63, 3.8) is 0 Å². The van der Waals surface area contributed by atoms with Crippen molar-refractivity contribution in [3.05, 3.63) is 35.5 Å². The van der Waals surface area contributed by atoms with Crippen LogP contribution >= 0.6 is 0 Å². The molecule has 0 spiro atoms. The van der Waals surface area contributed by atoms with Crippen molar-refractivity contribution < 1.29 is 8.91 Å². The van der Waals surface area contributed by atoms with Crippen LogP contribution in [0.15, 0.2) is 22.7 Å². The summed E-state index contributed by atoms with van der Waals surface area (Å²) in [7, 11) is 0. The molecule has 0 saturated heterocycles. The first-order valence-electron chi connectivity index (χ1n) is 4.93. The molecule has 4 nitrogen and oxygen atoms in total. The minimum atomic E-state index is -0.304. The SMILES string of the molecule is Cc1cc(F)ccc1-c1noc([C@@H](C)N)n1. The molecular weight excluding hydrogens is 209 g/mol. The molecule has 0 fully saturated rings. The van der Waals surface area contributed by atoms with Gasteiger partial charge in [-0.1, -0.05) is 5.16 Å². The number of aromatic nitrogens is 2. The molecule has 0 bridgehead atoms. The number of benzene rings is 1. The van der Waals surface area contributed by atoms with Crippen molar-refractivity contribution in [2.24, 2.45) is 5.73 Å². The third-order valence-electron chi connectivity index (χ3n) is 2.26. The quantitative estimate of drug-likeness (QED) is 0.844. The fourth-order valence-corrected chi connectivity index (χ4v) is 1.41. The summed E-state index contributed by atoms with van der Waals surface area (Å²) >= 11 is 0. The van der Waals surface area contributed by atoms with E-state index in [1.807, 2.05) is 0 Å². The number of nitrogens with two attached hydrogens (primary N) is 1. The predicted octanol–water partition coefficient (Wildman–Crippen LogP) is 2.20. The van der Waals surface area contributed by atoms with E-state index in [0.717, 1.165) is 11.1 Å². The van der Waals surface area contributed by atoms with E-state index in [-0.39, 0.29) is 11.9 Å². The molecule has 0 aliphatic carbocycles. The number of halogens is 1. The molecule has 0 aliphatic heterocycles. The highest BCUT2D eigenvalue weighted by Crippen LogP contribution is 2.22. The summed E-state index contributed by atoms with van der Waals surface area (Å²) in [6, 6.07) is 4.11. The lowest BCUT2D eigenvalue weighted by atomic mass is 10.1. The normalized spacial score (nSPS) is 12.8. The number of hydrogen-bond acceptors (Lipinski definition) is 4. The summed E-state index contributed by atoms with van der Waals surface area (Å²) in [5.74, 6) is 0.528. The van der Waals surface area contributed by atoms with Crippen LogP contribution in [0.25, 0.3) is 11.4 Å². The van der Waals surface area contributed by atoms with Crippen LogP contribution in [-0.4, -0.2) is 10.1 Å². The van der Waals surface area contributed by atoms with E-state index in [9.17, 15) is 4.39 Å². The molecule has 84 valence electrons. The van der Waals surface area contributed by atoms with Crippen LogP contribution in [0.3, 0.4) is 0 Å². The lowest BCUT2D eigenvalue weighted by Crippen LogP contribution is -2.04. The Bertz CT molecular complexity index is 508. The molecular formula is C11H12FN3O. The second-order valence-electron chi connectivity index (χ2n) is 3.70. The fourth-order valence-electron chi connectivity index (χ4n) is 1.41. The number of nitrogens with zero attached hydrogens (tertiary/aromatic N) is 2. The van der Waals surface area contributed by atoms with Gasteiger partial charge in [-0.2, -0.15) is 4.98 Å². The molecule has 1 atom stereocenters. The van der Waals surface area contributed by atoms with Gasteiger partial charge in [0.15, 0.2) is 0 Å². The van der Waals surface area contributed by atoms with E-state index >= 15 is 0 Å². The molecule has 5 heteroatoms. The Morgan fingerprint density at radius 2 is 2.19 bits per heavy atom. The molecule has 0 amide bonds. The standard InChI is InChI=1S/C11H12FN3O/c1-6-5-8(12)3-4-9(6)10-14-11(7(2)13)16-15-10/h3-5,7H,13H2,1-2H3/t7-/m1/s1. The largest absolute Gasteiger partial charge is 0.337 e. The van der Waals surface area contributed by atoms with Gasteiger partial charge in [0.05, 0.1) is 6.04 Å². The zero-order chi connectivity index (χ0) is 11.7. The average Bonchev–Trinajstić information content (AvgIpc) is 2.66. The van der Waals surface area contributed by atoms with E-state index in [0.29, 0.717) is 11.7 Å². The Morgan fingerprint density at radius 3 is 2.75 bits per heavy atom. The Kier molecular flexibility index (Phi) is 2.70. The molecule has 0 radical (unpaired) electrons. The monoisotopic (exact) mass is 221 g/mol. The minimum Gasteiger partial charge on any atom is -0.337 e. The maximum atomic E-state index is 12.9. The lowest BCUT2D eigenvalue weighted by molar-refractivity contribution is 0.362. The summed E-state index contributed by atoms with van der Waals surface area (Å²) in [4.78, 5) is 4.15. The summed E-state index contributed by atoms with van der Waals surface area (Å²) < 4.78 is 17.9. The molecule has 0 aliphatic rings. The first kappa shape index (κ1) is 10.8. The fraction of sp³-hybridized carbons (Fsp3) is 0.273. The van der Waals surface area contributed by atoms with E-state index in [1.54, 1.807) is 19.9 Å². The van der Waals surface area contributed by atoms with Crippen molar-refractivity contribution >= 4 is 0 Å². The van der Waals surface area contributed by atoms with E-state index in [1.165, 1.54) is 12.1 Å². The van der Waals surface area contributed by atoms with Gasteiger partial charge in [-0.15, -0.1) is 0 Å². The van der Waals surface area contributed by atoms with Gasteiger partial charge < -0.3 is 10.3 Å². The molecule has 2 aromatic rings. The number of aryl methyl sites for hydroxylation is 1. The molecule has 1 aromatic carbocycles. The number of rotatable bonds is 2. The van der Waals surface area contributed by atoms with Crippen LogP contribution < -0.4 is 5.73 Å². The van der Waals surface area contributed by atoms with Crippen LogP contribution in [0, 0.1) is 12.7 Å². The van der Waals surface area contributed by atoms with Gasteiger partial charge in [-0.05, 0) is 37.6 Å². The maximum Gasteiger partial charge on any atom is 0.243 e. The van der Waals surface area contributed by atoms with Gasteiger partial charge in [0.1, 0.15) is 5.82 Å². The van der Waals surface area contributed by atoms with Crippen molar-refractivity contribution in [1.29, 1.82) is 0 Å². The van der Waals surface area contributed by atoms with Crippen molar-refractivity contribution in [2.45, 2.75) is 19.9 Å². The van der Waals surface area contributed by atoms with Crippen LogP contribution in [0.4, 0.5) is 4.39 Å². The van der Waals surface area contributed by atoms with Crippen molar-refractivity contribution in [3.8, 4) is 11.4 Å². The summed E-state index contributed by atoms with van der Waals surface area (Å²) in [6.45, 7) is 3.55. The highest BCUT2D eigenvalue weighted by molar-refractivity contribution is 5.59. The topological polar surface area (TPSA) is 64.9 Å². The molecule has 16 heavy (non-hydrogen) atoms. The minimum absolute atomic E-state index is 0.280. The van der Waals surface area contributed by atoms with E-state index < -0.39 is 0 Å². The van der Waals surface area contributed by atoms with Gasteiger partial charge in [0.25, 0.3) is 0 Å². The lowest BCUT2D eigenvalue weighted by Gasteiger charge is -1.99. The second-order valence-corrected chi connectivity index (χ2v) is 3.70. The third-order valence-corrected chi connectivity index (χ3v) is 2.26. The second kappa shape index (κ2) is 4.02. The summed E-state index contributed by atoms with van der Waals surface area (Å²) in [5, 5.41) is 3.81. The van der Waals surface area contributed by atoms with Gasteiger partial charge in [0, 0.05) is 5.56 Å². The third kappa shape index (κ3) is 1.94. The Balaban J connectivity index is 2.42. The van der Waals surface area contributed by atoms with Crippen LogP contribution in [-0.2, 0) is 0 Å². The van der Waals surface area contributed by atoms with Gasteiger partial charge in [0.2, 0.25) is 11.7 Å². The summed E-state index contributed by atoms with van der Waals surface area (Å²) in [5.41, 5.74) is 7.12.